The summed E-state index contributed by atoms with van der Waals surface area (Å²) in [6.45, 7) is 4.53. The SMILES string of the molecule is CC(C)c1ncc(CCc2cn(CN)nn2)cn1. The summed E-state index contributed by atoms with van der Waals surface area (Å²) in [5, 5.41) is 7.93. The Bertz CT molecular complexity index is 488. The summed E-state index contributed by atoms with van der Waals surface area (Å²) in [5.41, 5.74) is 7.51. The van der Waals surface area contributed by atoms with Gasteiger partial charge in [-0.25, -0.2) is 14.6 Å². The van der Waals surface area contributed by atoms with E-state index >= 15 is 0 Å². The Kier molecular flexibility index (Phi) is 3.99. The summed E-state index contributed by atoms with van der Waals surface area (Å²) in [6, 6.07) is 0. The van der Waals surface area contributed by atoms with Crippen molar-refractivity contribution in [3.63, 3.8) is 0 Å². The van der Waals surface area contributed by atoms with Crippen LogP contribution in [0.2, 0.25) is 0 Å². The second-order valence-corrected chi connectivity index (χ2v) is 4.54. The van der Waals surface area contributed by atoms with Gasteiger partial charge in [-0.3, -0.25) is 0 Å². The molecular formula is C12H18N6. The molecule has 0 saturated heterocycles. The highest BCUT2D eigenvalue weighted by atomic mass is 15.4. The Labute approximate surface area is 106 Å². The molecule has 0 aromatic carbocycles. The molecule has 2 rings (SSSR count). The Balaban J connectivity index is 1.93. The molecule has 96 valence electrons. The van der Waals surface area contributed by atoms with Crippen LogP contribution in [-0.2, 0) is 19.5 Å². The molecule has 2 N–H and O–H groups in total. The van der Waals surface area contributed by atoms with Gasteiger partial charge in [-0.05, 0) is 18.4 Å². The predicted molar refractivity (Wildman–Crippen MR) is 67.7 cm³/mol. The van der Waals surface area contributed by atoms with Crippen LogP contribution < -0.4 is 5.73 Å². The maximum absolute atomic E-state index is 5.46. The van der Waals surface area contributed by atoms with Gasteiger partial charge < -0.3 is 5.73 Å². The van der Waals surface area contributed by atoms with Crippen LogP contribution in [0.15, 0.2) is 18.6 Å². The fourth-order valence-corrected chi connectivity index (χ4v) is 1.61. The fourth-order valence-electron chi connectivity index (χ4n) is 1.61. The lowest BCUT2D eigenvalue weighted by atomic mass is 10.1. The van der Waals surface area contributed by atoms with E-state index in [2.05, 4.69) is 34.1 Å². The molecule has 0 unspecified atom stereocenters. The summed E-state index contributed by atoms with van der Waals surface area (Å²) >= 11 is 0. The van der Waals surface area contributed by atoms with Gasteiger partial charge in [-0.2, -0.15) is 0 Å². The minimum atomic E-state index is 0.360. The van der Waals surface area contributed by atoms with E-state index in [9.17, 15) is 0 Å². The molecule has 0 aliphatic heterocycles. The topological polar surface area (TPSA) is 82.5 Å². The van der Waals surface area contributed by atoms with Gasteiger partial charge >= 0.3 is 0 Å². The van der Waals surface area contributed by atoms with Crippen molar-refractivity contribution in [1.82, 2.24) is 25.0 Å². The molecule has 0 fully saturated rings. The first-order valence-electron chi connectivity index (χ1n) is 6.09. The number of hydrogen-bond acceptors (Lipinski definition) is 5. The van der Waals surface area contributed by atoms with E-state index < -0.39 is 0 Å². The first-order chi connectivity index (χ1) is 8.69. The molecule has 0 aliphatic rings. The zero-order valence-electron chi connectivity index (χ0n) is 10.7. The van der Waals surface area contributed by atoms with Crippen molar-refractivity contribution in [2.45, 2.75) is 39.3 Å². The lowest BCUT2D eigenvalue weighted by Gasteiger charge is -2.03. The van der Waals surface area contributed by atoms with Crippen LogP contribution in [0.3, 0.4) is 0 Å². The molecule has 6 heteroatoms. The first-order valence-corrected chi connectivity index (χ1v) is 6.09. The molecule has 0 amide bonds. The minimum absolute atomic E-state index is 0.360. The van der Waals surface area contributed by atoms with E-state index in [0.29, 0.717) is 12.6 Å². The van der Waals surface area contributed by atoms with Crippen molar-refractivity contribution in [2.75, 3.05) is 0 Å². The lowest BCUT2D eigenvalue weighted by Crippen LogP contribution is -2.07. The highest BCUT2D eigenvalue weighted by Crippen LogP contribution is 2.09. The van der Waals surface area contributed by atoms with Crippen molar-refractivity contribution in [3.8, 4) is 0 Å². The summed E-state index contributed by atoms with van der Waals surface area (Å²) in [5.74, 6) is 1.25. The van der Waals surface area contributed by atoms with Crippen LogP contribution in [0.25, 0.3) is 0 Å². The number of aromatic nitrogens is 5. The minimum Gasteiger partial charge on any atom is -0.312 e. The summed E-state index contributed by atoms with van der Waals surface area (Å²) < 4.78 is 1.62. The van der Waals surface area contributed by atoms with Crippen LogP contribution in [-0.4, -0.2) is 25.0 Å². The van der Waals surface area contributed by atoms with Gasteiger partial charge in [0.15, 0.2) is 0 Å². The Morgan fingerprint density at radius 3 is 2.50 bits per heavy atom. The van der Waals surface area contributed by atoms with Crippen molar-refractivity contribution in [2.24, 2.45) is 5.73 Å². The molecule has 0 saturated carbocycles. The van der Waals surface area contributed by atoms with Crippen molar-refractivity contribution in [1.29, 1.82) is 0 Å². The summed E-state index contributed by atoms with van der Waals surface area (Å²) in [4.78, 5) is 8.68. The average Bonchev–Trinajstić information content (AvgIpc) is 2.85. The highest BCUT2D eigenvalue weighted by molar-refractivity contribution is 5.09. The predicted octanol–water partition coefficient (Wildman–Crippen LogP) is 0.893. The Morgan fingerprint density at radius 1 is 1.22 bits per heavy atom. The first kappa shape index (κ1) is 12.6. The zero-order valence-corrected chi connectivity index (χ0v) is 10.7. The van der Waals surface area contributed by atoms with Gasteiger partial charge in [-0.15, -0.1) is 5.10 Å². The standard InChI is InChI=1S/C12H18N6/c1-9(2)12-14-5-10(6-15-12)3-4-11-7-18(8-13)17-16-11/h5-7,9H,3-4,8,13H2,1-2H3. The molecule has 0 aliphatic carbocycles. The molecule has 2 heterocycles. The second-order valence-electron chi connectivity index (χ2n) is 4.54. The van der Waals surface area contributed by atoms with E-state index in [1.54, 1.807) is 4.68 Å². The summed E-state index contributed by atoms with van der Waals surface area (Å²) in [6.07, 6.45) is 7.32. The number of aryl methyl sites for hydroxylation is 2. The third-order valence-corrected chi connectivity index (χ3v) is 2.68. The smallest absolute Gasteiger partial charge is 0.130 e. The molecule has 0 atom stereocenters. The third kappa shape index (κ3) is 3.10. The maximum atomic E-state index is 5.46. The molecule has 0 bridgehead atoms. The van der Waals surface area contributed by atoms with Crippen LogP contribution in [0.4, 0.5) is 0 Å². The van der Waals surface area contributed by atoms with Crippen LogP contribution in [0.1, 0.15) is 36.8 Å². The zero-order chi connectivity index (χ0) is 13.0. The molecule has 0 spiro atoms. The van der Waals surface area contributed by atoms with Crippen LogP contribution in [0, 0.1) is 0 Å². The Hall–Kier alpha value is -1.82. The van der Waals surface area contributed by atoms with Crippen molar-refractivity contribution >= 4 is 0 Å². The van der Waals surface area contributed by atoms with Gasteiger partial charge in [0.2, 0.25) is 0 Å². The van der Waals surface area contributed by atoms with Gasteiger partial charge in [0.05, 0.1) is 12.4 Å². The molecule has 6 nitrogen and oxygen atoms in total. The van der Waals surface area contributed by atoms with E-state index in [1.807, 2.05) is 18.6 Å². The molecule has 18 heavy (non-hydrogen) atoms. The molecule has 2 aromatic heterocycles. The lowest BCUT2D eigenvalue weighted by molar-refractivity contribution is 0.608. The van der Waals surface area contributed by atoms with Gasteiger partial charge in [0.25, 0.3) is 0 Å². The number of nitrogens with two attached hydrogens (primary N) is 1. The summed E-state index contributed by atoms with van der Waals surface area (Å²) in [7, 11) is 0. The average molecular weight is 246 g/mol. The molecule has 0 radical (unpaired) electrons. The van der Waals surface area contributed by atoms with Gasteiger partial charge in [0, 0.05) is 24.5 Å². The normalized spacial score (nSPS) is 11.1. The third-order valence-electron chi connectivity index (χ3n) is 2.68. The van der Waals surface area contributed by atoms with E-state index in [0.717, 1.165) is 29.9 Å². The van der Waals surface area contributed by atoms with Gasteiger partial charge in [-0.1, -0.05) is 19.1 Å². The van der Waals surface area contributed by atoms with Crippen LogP contribution in [0.5, 0.6) is 0 Å². The van der Waals surface area contributed by atoms with E-state index in [1.165, 1.54) is 0 Å². The quantitative estimate of drug-likeness (QED) is 0.847. The van der Waals surface area contributed by atoms with Gasteiger partial charge in [0.1, 0.15) is 5.82 Å². The molecular weight excluding hydrogens is 228 g/mol. The number of hydrogen-bond donors (Lipinski definition) is 1. The van der Waals surface area contributed by atoms with E-state index in [-0.39, 0.29) is 0 Å². The fraction of sp³-hybridized carbons (Fsp3) is 0.500. The van der Waals surface area contributed by atoms with Crippen LogP contribution >= 0.6 is 0 Å². The number of nitrogens with zero attached hydrogens (tertiary/aromatic N) is 5. The Morgan fingerprint density at radius 2 is 1.94 bits per heavy atom. The van der Waals surface area contributed by atoms with Crippen molar-refractivity contribution in [3.05, 3.63) is 35.7 Å². The monoisotopic (exact) mass is 246 g/mol. The highest BCUT2D eigenvalue weighted by Gasteiger charge is 2.04. The van der Waals surface area contributed by atoms with E-state index in [4.69, 9.17) is 5.73 Å². The maximum Gasteiger partial charge on any atom is 0.130 e. The van der Waals surface area contributed by atoms with Crippen molar-refractivity contribution < 1.29 is 0 Å². The molecule has 2 aromatic rings. The second kappa shape index (κ2) is 5.68. The largest absolute Gasteiger partial charge is 0.312 e. The number of rotatable bonds is 5.